The first-order chi connectivity index (χ1) is 17.0. The number of nitrogens with one attached hydrogen (secondary N) is 1. The molecule has 0 radical (unpaired) electrons. The average Bonchev–Trinajstić information content (AvgIpc) is 3.12. The molecule has 0 bridgehead atoms. The zero-order valence-electron chi connectivity index (χ0n) is 20.3. The van der Waals surface area contributed by atoms with E-state index in [1.54, 1.807) is 12.1 Å². The number of anilines is 1. The highest BCUT2D eigenvalue weighted by Crippen LogP contribution is 2.33. The van der Waals surface area contributed by atoms with Crippen molar-refractivity contribution in [3.8, 4) is 0 Å². The maximum atomic E-state index is 13.1. The van der Waals surface area contributed by atoms with Gasteiger partial charge in [-0.2, -0.15) is 0 Å². The highest BCUT2D eigenvalue weighted by Gasteiger charge is 2.44. The quantitative estimate of drug-likeness (QED) is 0.363. The molecule has 3 aliphatic heterocycles. The van der Waals surface area contributed by atoms with Gasteiger partial charge in [0.1, 0.15) is 5.78 Å². The van der Waals surface area contributed by atoms with Crippen LogP contribution in [0.2, 0.25) is 0 Å². The van der Waals surface area contributed by atoms with Crippen LogP contribution in [0.3, 0.4) is 0 Å². The van der Waals surface area contributed by atoms with E-state index >= 15 is 0 Å². The summed E-state index contributed by atoms with van der Waals surface area (Å²) in [6, 6.07) is 4.58. The predicted octanol–water partition coefficient (Wildman–Crippen LogP) is 2.60. The molecule has 1 aliphatic carbocycles. The van der Waals surface area contributed by atoms with Crippen molar-refractivity contribution in [2.45, 2.75) is 57.4 Å². The van der Waals surface area contributed by atoms with Gasteiger partial charge in [-0.1, -0.05) is 0 Å². The Hall–Kier alpha value is -2.58. The largest absolute Gasteiger partial charge is 0.381 e. The normalized spacial score (nSPS) is 24.4. The summed E-state index contributed by atoms with van der Waals surface area (Å²) in [6.07, 6.45) is 6.00. The number of benzene rings is 1. The van der Waals surface area contributed by atoms with Gasteiger partial charge in [0.05, 0.1) is 23.6 Å². The molecule has 35 heavy (non-hydrogen) atoms. The van der Waals surface area contributed by atoms with Crippen molar-refractivity contribution in [3.63, 3.8) is 0 Å². The first-order valence-corrected chi connectivity index (χ1v) is 13.1. The average molecular weight is 482 g/mol. The Bertz CT molecular complexity index is 995. The molecule has 4 aliphatic rings. The Morgan fingerprint density at radius 1 is 0.886 bits per heavy atom. The maximum Gasteiger partial charge on any atom is 0.262 e. The lowest BCUT2D eigenvalue weighted by Crippen LogP contribution is -2.47. The summed E-state index contributed by atoms with van der Waals surface area (Å²) in [6.45, 7) is 5.68. The van der Waals surface area contributed by atoms with Crippen LogP contribution in [0.25, 0.3) is 0 Å². The third kappa shape index (κ3) is 5.19. The molecular weight excluding hydrogens is 446 g/mol. The van der Waals surface area contributed by atoms with E-state index in [0.29, 0.717) is 17.0 Å². The van der Waals surface area contributed by atoms with Gasteiger partial charge in [0.2, 0.25) is 0 Å². The first-order valence-electron chi connectivity index (χ1n) is 13.1. The van der Waals surface area contributed by atoms with Crippen molar-refractivity contribution in [1.29, 1.82) is 0 Å². The number of carbonyl (C=O) groups excluding carboxylic acids is 4. The van der Waals surface area contributed by atoms with Crippen LogP contribution < -0.4 is 10.2 Å². The van der Waals surface area contributed by atoms with Crippen molar-refractivity contribution in [3.05, 3.63) is 29.3 Å². The van der Waals surface area contributed by atoms with Crippen LogP contribution in [0.5, 0.6) is 0 Å². The molecule has 0 spiro atoms. The van der Waals surface area contributed by atoms with Gasteiger partial charge in [-0.05, 0) is 81.6 Å². The molecule has 1 N–H and O–H groups in total. The Balaban J connectivity index is 1.13. The van der Waals surface area contributed by atoms with Crippen molar-refractivity contribution < 1.29 is 23.9 Å². The molecule has 3 fully saturated rings. The van der Waals surface area contributed by atoms with Gasteiger partial charge in [0.15, 0.2) is 5.78 Å². The third-order valence-corrected chi connectivity index (χ3v) is 8.12. The molecule has 8 nitrogen and oxygen atoms in total. The van der Waals surface area contributed by atoms with Gasteiger partial charge >= 0.3 is 0 Å². The van der Waals surface area contributed by atoms with E-state index in [9.17, 15) is 19.2 Å². The Labute approximate surface area is 206 Å². The number of carbonyl (C=O) groups is 4. The molecule has 0 aromatic heterocycles. The number of hydrogen-bond acceptors (Lipinski definition) is 7. The number of fused-ring (bicyclic) bond motifs is 1. The lowest BCUT2D eigenvalue weighted by atomic mass is 9.92. The molecule has 1 saturated carbocycles. The van der Waals surface area contributed by atoms with Gasteiger partial charge in [-0.15, -0.1) is 0 Å². The zero-order valence-corrected chi connectivity index (χ0v) is 20.3. The highest BCUT2D eigenvalue weighted by atomic mass is 16.5. The monoisotopic (exact) mass is 481 g/mol. The number of hydrogen-bond donors (Lipinski definition) is 1. The maximum absolute atomic E-state index is 13.1. The summed E-state index contributed by atoms with van der Waals surface area (Å²) < 4.78 is 6.01. The molecular formula is C27H35N3O5. The van der Waals surface area contributed by atoms with E-state index in [-0.39, 0.29) is 30.8 Å². The molecule has 8 heteroatoms. The van der Waals surface area contributed by atoms with Gasteiger partial charge in [0.25, 0.3) is 11.8 Å². The Morgan fingerprint density at radius 3 is 2.37 bits per heavy atom. The standard InChI is InChI=1S/C27H35N3O5/c31-21-2-4-24(25(32)16-21)30-26(33)22-3-1-20(15-23(22)27(30)34)29-12-7-19(8-13-29)17-35-14-9-18-5-10-28-11-6-18/h1,3,15,18-19,24,28H,2,4-14,16-17H2. The zero-order chi connectivity index (χ0) is 24.4. The fourth-order valence-electron chi connectivity index (χ4n) is 5.89. The van der Waals surface area contributed by atoms with Crippen LogP contribution in [-0.2, 0) is 14.3 Å². The van der Waals surface area contributed by atoms with E-state index in [1.165, 1.54) is 12.8 Å². The van der Waals surface area contributed by atoms with Crippen molar-refractivity contribution in [2.24, 2.45) is 11.8 Å². The Kier molecular flexibility index (Phi) is 7.29. The second-order valence-electron chi connectivity index (χ2n) is 10.4. The van der Waals surface area contributed by atoms with E-state index < -0.39 is 17.9 Å². The summed E-state index contributed by atoms with van der Waals surface area (Å²) in [5.41, 5.74) is 1.64. The second kappa shape index (κ2) is 10.6. The minimum atomic E-state index is -0.825. The van der Waals surface area contributed by atoms with Gasteiger partial charge in [0, 0.05) is 38.4 Å². The molecule has 5 rings (SSSR count). The summed E-state index contributed by atoms with van der Waals surface area (Å²) in [7, 11) is 0. The van der Waals surface area contributed by atoms with Crippen molar-refractivity contribution >= 4 is 29.1 Å². The van der Waals surface area contributed by atoms with Crippen LogP contribution in [-0.4, -0.2) is 73.7 Å². The number of Topliss-reactive ketones (excluding diaryl/α,β-unsaturated/α-hetero) is 2. The fourth-order valence-corrected chi connectivity index (χ4v) is 5.89. The van der Waals surface area contributed by atoms with Crippen LogP contribution in [0.15, 0.2) is 18.2 Å². The number of ketones is 2. The highest BCUT2D eigenvalue weighted by molar-refractivity contribution is 6.24. The minimum Gasteiger partial charge on any atom is -0.381 e. The molecule has 1 unspecified atom stereocenters. The number of rotatable bonds is 7. The first kappa shape index (κ1) is 24.1. The Morgan fingerprint density at radius 2 is 1.63 bits per heavy atom. The second-order valence-corrected chi connectivity index (χ2v) is 10.4. The summed E-state index contributed by atoms with van der Waals surface area (Å²) in [4.78, 5) is 53.3. The smallest absolute Gasteiger partial charge is 0.262 e. The number of amides is 2. The minimum absolute atomic E-state index is 0.124. The van der Waals surface area contributed by atoms with Crippen LogP contribution in [0.1, 0.15) is 72.1 Å². The molecule has 1 aromatic carbocycles. The van der Waals surface area contributed by atoms with Crippen LogP contribution in [0.4, 0.5) is 5.69 Å². The lowest BCUT2D eigenvalue weighted by Gasteiger charge is -2.33. The lowest BCUT2D eigenvalue weighted by molar-refractivity contribution is -0.132. The number of piperidine rings is 2. The number of nitrogens with zero attached hydrogens (tertiary/aromatic N) is 2. The van der Waals surface area contributed by atoms with E-state index in [1.807, 2.05) is 6.07 Å². The summed E-state index contributed by atoms with van der Waals surface area (Å²) >= 11 is 0. The molecule has 1 atom stereocenters. The molecule has 2 saturated heterocycles. The van der Waals surface area contributed by atoms with Gasteiger partial charge in [-0.3, -0.25) is 24.1 Å². The van der Waals surface area contributed by atoms with E-state index in [0.717, 1.165) is 75.2 Å². The third-order valence-electron chi connectivity index (χ3n) is 8.12. The van der Waals surface area contributed by atoms with Crippen molar-refractivity contribution in [2.75, 3.05) is 44.3 Å². The summed E-state index contributed by atoms with van der Waals surface area (Å²) in [5.74, 6) is 0.0347. The van der Waals surface area contributed by atoms with Gasteiger partial charge in [-0.25, -0.2) is 0 Å². The topological polar surface area (TPSA) is 96.0 Å². The SMILES string of the molecule is O=C1CCC(N2C(=O)c3ccc(N4CCC(COCCC5CCNCC5)CC4)cc3C2=O)C(=O)C1. The van der Waals surface area contributed by atoms with E-state index in [4.69, 9.17) is 4.74 Å². The van der Waals surface area contributed by atoms with Crippen LogP contribution >= 0.6 is 0 Å². The predicted molar refractivity (Wildman–Crippen MR) is 131 cm³/mol. The fraction of sp³-hybridized carbons (Fsp3) is 0.630. The number of imide groups is 1. The van der Waals surface area contributed by atoms with Crippen molar-refractivity contribution in [1.82, 2.24) is 10.2 Å². The molecule has 188 valence electrons. The van der Waals surface area contributed by atoms with Gasteiger partial charge < -0.3 is 15.0 Å². The van der Waals surface area contributed by atoms with E-state index in [2.05, 4.69) is 10.2 Å². The molecule has 1 aromatic rings. The molecule has 2 amide bonds. The summed E-state index contributed by atoms with van der Waals surface area (Å²) in [5, 5.41) is 3.41. The number of ether oxygens (including phenoxy) is 1. The molecule has 3 heterocycles. The van der Waals surface area contributed by atoms with Crippen LogP contribution in [0, 0.1) is 11.8 Å².